The second kappa shape index (κ2) is 9.17. The SMILES string of the molecule is Cc1cc(NC(=O)CN2CCN(C(=O)c3sc(-c4ccc(Cl)cc4)nc3C)CC2)no1. The van der Waals surface area contributed by atoms with Crippen LogP contribution in [-0.2, 0) is 4.79 Å². The fourth-order valence-electron chi connectivity index (χ4n) is 3.37. The van der Waals surface area contributed by atoms with E-state index in [0.717, 1.165) is 16.3 Å². The van der Waals surface area contributed by atoms with E-state index < -0.39 is 0 Å². The molecule has 8 nitrogen and oxygen atoms in total. The summed E-state index contributed by atoms with van der Waals surface area (Å²) in [7, 11) is 0. The van der Waals surface area contributed by atoms with Gasteiger partial charge in [-0.25, -0.2) is 4.98 Å². The molecule has 1 aliphatic rings. The molecular formula is C21H22ClN5O3S. The van der Waals surface area contributed by atoms with Gasteiger partial charge in [0.1, 0.15) is 15.6 Å². The molecule has 0 spiro atoms. The second-order valence-electron chi connectivity index (χ2n) is 7.38. The number of piperazine rings is 1. The molecule has 0 saturated carbocycles. The number of aromatic nitrogens is 2. The van der Waals surface area contributed by atoms with Gasteiger partial charge in [0.2, 0.25) is 5.91 Å². The summed E-state index contributed by atoms with van der Waals surface area (Å²) in [6, 6.07) is 9.10. The first-order valence-corrected chi connectivity index (χ1v) is 11.1. The number of aryl methyl sites for hydroxylation is 2. The molecule has 3 heterocycles. The zero-order chi connectivity index (χ0) is 22.0. The van der Waals surface area contributed by atoms with Crippen LogP contribution in [0, 0.1) is 13.8 Å². The number of thiazole rings is 1. The van der Waals surface area contributed by atoms with Gasteiger partial charge in [0.05, 0.1) is 12.2 Å². The van der Waals surface area contributed by atoms with E-state index in [0.29, 0.717) is 47.7 Å². The Hall–Kier alpha value is -2.75. The molecule has 2 aromatic heterocycles. The Morgan fingerprint density at radius 2 is 1.87 bits per heavy atom. The average Bonchev–Trinajstić information content (AvgIpc) is 3.33. The first-order chi connectivity index (χ1) is 14.9. The van der Waals surface area contributed by atoms with E-state index in [1.165, 1.54) is 11.3 Å². The van der Waals surface area contributed by atoms with Crippen molar-refractivity contribution in [1.29, 1.82) is 0 Å². The highest BCUT2D eigenvalue weighted by Crippen LogP contribution is 2.29. The number of carbonyl (C=O) groups is 2. The molecule has 162 valence electrons. The van der Waals surface area contributed by atoms with Gasteiger partial charge in [-0.05, 0) is 26.0 Å². The average molecular weight is 460 g/mol. The Morgan fingerprint density at radius 3 is 2.52 bits per heavy atom. The molecule has 0 atom stereocenters. The molecule has 1 aliphatic heterocycles. The van der Waals surface area contributed by atoms with Crippen molar-refractivity contribution in [2.45, 2.75) is 13.8 Å². The summed E-state index contributed by atoms with van der Waals surface area (Å²) in [5, 5.41) is 7.95. The lowest BCUT2D eigenvalue weighted by molar-refractivity contribution is -0.117. The van der Waals surface area contributed by atoms with E-state index in [4.69, 9.17) is 16.1 Å². The zero-order valence-corrected chi connectivity index (χ0v) is 18.8. The van der Waals surface area contributed by atoms with Crippen molar-refractivity contribution in [2.24, 2.45) is 0 Å². The predicted molar refractivity (Wildman–Crippen MR) is 120 cm³/mol. The van der Waals surface area contributed by atoms with E-state index in [9.17, 15) is 9.59 Å². The highest BCUT2D eigenvalue weighted by Gasteiger charge is 2.26. The van der Waals surface area contributed by atoms with Crippen molar-refractivity contribution in [3.63, 3.8) is 0 Å². The number of hydrogen-bond donors (Lipinski definition) is 1. The Bertz CT molecular complexity index is 1090. The van der Waals surface area contributed by atoms with Gasteiger partial charge in [-0.1, -0.05) is 28.9 Å². The maximum Gasteiger partial charge on any atom is 0.265 e. The zero-order valence-electron chi connectivity index (χ0n) is 17.2. The maximum absolute atomic E-state index is 13.1. The van der Waals surface area contributed by atoms with Crippen LogP contribution < -0.4 is 5.32 Å². The largest absolute Gasteiger partial charge is 0.360 e. The quantitative estimate of drug-likeness (QED) is 0.628. The fraction of sp³-hybridized carbons (Fsp3) is 0.333. The molecule has 3 aromatic rings. The molecule has 0 aliphatic carbocycles. The minimum absolute atomic E-state index is 0.0163. The standard InChI is InChI=1S/C21H22ClN5O3S/c1-13-11-17(25-30-13)24-18(28)12-26-7-9-27(10-8-26)21(29)19-14(2)23-20(31-19)15-3-5-16(22)6-4-15/h3-6,11H,7-10,12H2,1-2H3,(H,24,25,28). The second-order valence-corrected chi connectivity index (χ2v) is 8.82. The molecular weight excluding hydrogens is 438 g/mol. The lowest BCUT2D eigenvalue weighted by Crippen LogP contribution is -2.50. The molecule has 0 bridgehead atoms. The van der Waals surface area contributed by atoms with E-state index in [-0.39, 0.29) is 18.4 Å². The van der Waals surface area contributed by atoms with Gasteiger partial charge in [-0.15, -0.1) is 11.3 Å². The van der Waals surface area contributed by atoms with E-state index in [1.807, 2.05) is 41.0 Å². The maximum atomic E-state index is 13.1. The van der Waals surface area contributed by atoms with Crippen molar-refractivity contribution >= 4 is 40.6 Å². The Kier molecular flexibility index (Phi) is 6.35. The number of halogens is 1. The number of amides is 2. The molecule has 10 heteroatoms. The summed E-state index contributed by atoms with van der Waals surface area (Å²) < 4.78 is 4.95. The van der Waals surface area contributed by atoms with Crippen LogP contribution in [0.3, 0.4) is 0 Å². The van der Waals surface area contributed by atoms with E-state index in [1.54, 1.807) is 13.0 Å². The van der Waals surface area contributed by atoms with Crippen LogP contribution in [0.4, 0.5) is 5.82 Å². The highest BCUT2D eigenvalue weighted by atomic mass is 35.5. The van der Waals surface area contributed by atoms with Crippen LogP contribution in [0.1, 0.15) is 21.1 Å². The van der Waals surface area contributed by atoms with Crippen LogP contribution in [-0.4, -0.2) is 64.5 Å². The molecule has 1 saturated heterocycles. The number of nitrogens with one attached hydrogen (secondary N) is 1. The fourth-order valence-corrected chi connectivity index (χ4v) is 4.54. The third-order valence-electron chi connectivity index (χ3n) is 5.00. The predicted octanol–water partition coefficient (Wildman–Crippen LogP) is 3.46. The van der Waals surface area contributed by atoms with Crippen molar-refractivity contribution in [1.82, 2.24) is 19.9 Å². The van der Waals surface area contributed by atoms with Gasteiger partial charge in [0.25, 0.3) is 5.91 Å². The third kappa shape index (κ3) is 5.12. The lowest BCUT2D eigenvalue weighted by Gasteiger charge is -2.34. The topological polar surface area (TPSA) is 91.6 Å². The van der Waals surface area contributed by atoms with Crippen molar-refractivity contribution in [3.8, 4) is 10.6 Å². The smallest absolute Gasteiger partial charge is 0.265 e. The summed E-state index contributed by atoms with van der Waals surface area (Å²) in [6.07, 6.45) is 0. The number of rotatable bonds is 5. The van der Waals surface area contributed by atoms with Gasteiger partial charge in [0, 0.05) is 42.8 Å². The molecule has 2 amide bonds. The summed E-state index contributed by atoms with van der Waals surface area (Å²) in [5.41, 5.74) is 1.67. The van der Waals surface area contributed by atoms with Crippen LogP contribution in [0.15, 0.2) is 34.9 Å². The van der Waals surface area contributed by atoms with Gasteiger partial charge in [0.15, 0.2) is 5.82 Å². The summed E-state index contributed by atoms with van der Waals surface area (Å²) in [4.78, 5) is 34.3. The molecule has 1 fully saturated rings. The van der Waals surface area contributed by atoms with Gasteiger partial charge in [-0.2, -0.15) is 0 Å². The molecule has 31 heavy (non-hydrogen) atoms. The molecule has 1 aromatic carbocycles. The Morgan fingerprint density at radius 1 is 1.16 bits per heavy atom. The first kappa shape index (κ1) is 21.5. The van der Waals surface area contributed by atoms with Crippen LogP contribution in [0.2, 0.25) is 5.02 Å². The Balaban J connectivity index is 1.33. The minimum Gasteiger partial charge on any atom is -0.360 e. The van der Waals surface area contributed by atoms with Crippen molar-refractivity contribution in [2.75, 3.05) is 38.0 Å². The molecule has 0 unspecified atom stereocenters. The number of hydrogen-bond acceptors (Lipinski definition) is 7. The van der Waals surface area contributed by atoms with E-state index in [2.05, 4.69) is 15.5 Å². The summed E-state index contributed by atoms with van der Waals surface area (Å²) in [6.45, 7) is 6.23. The summed E-state index contributed by atoms with van der Waals surface area (Å²) in [5.74, 6) is 0.879. The first-order valence-electron chi connectivity index (χ1n) is 9.87. The molecule has 1 N–H and O–H groups in total. The van der Waals surface area contributed by atoms with E-state index >= 15 is 0 Å². The monoisotopic (exact) mass is 459 g/mol. The molecule has 0 radical (unpaired) electrons. The number of anilines is 1. The minimum atomic E-state index is -0.154. The highest BCUT2D eigenvalue weighted by molar-refractivity contribution is 7.17. The Labute approximate surface area is 188 Å². The van der Waals surface area contributed by atoms with Crippen LogP contribution in [0.25, 0.3) is 10.6 Å². The van der Waals surface area contributed by atoms with Crippen LogP contribution >= 0.6 is 22.9 Å². The molecule has 4 rings (SSSR count). The number of benzene rings is 1. The van der Waals surface area contributed by atoms with Gasteiger partial charge >= 0.3 is 0 Å². The lowest BCUT2D eigenvalue weighted by atomic mass is 10.2. The van der Waals surface area contributed by atoms with Crippen molar-refractivity contribution in [3.05, 3.63) is 51.7 Å². The van der Waals surface area contributed by atoms with Gasteiger partial charge < -0.3 is 14.7 Å². The van der Waals surface area contributed by atoms with Crippen LogP contribution in [0.5, 0.6) is 0 Å². The third-order valence-corrected chi connectivity index (χ3v) is 6.45. The number of nitrogens with zero attached hydrogens (tertiary/aromatic N) is 4. The number of carbonyl (C=O) groups excluding carboxylic acids is 2. The van der Waals surface area contributed by atoms with Gasteiger partial charge in [-0.3, -0.25) is 14.5 Å². The van der Waals surface area contributed by atoms with Crippen molar-refractivity contribution < 1.29 is 14.1 Å². The normalized spacial score (nSPS) is 14.6. The summed E-state index contributed by atoms with van der Waals surface area (Å²) >= 11 is 7.35.